The Morgan fingerprint density at radius 2 is 2.08 bits per heavy atom. The second kappa shape index (κ2) is 4.83. The fourth-order valence-corrected chi connectivity index (χ4v) is 1.19. The standard InChI is InChI=1S/C9H9O2S/c1-12-9-4-2-8(3-5-9)11-7-6-10/h2-5H,7H2,1H3. The van der Waals surface area contributed by atoms with Gasteiger partial charge in [-0.3, -0.25) is 4.79 Å². The Balaban J connectivity index is 2.58. The molecule has 0 aliphatic carbocycles. The highest BCUT2D eigenvalue weighted by Crippen LogP contribution is 2.18. The summed E-state index contributed by atoms with van der Waals surface area (Å²) in [6.07, 6.45) is 3.68. The molecule has 63 valence electrons. The molecule has 1 rings (SSSR count). The lowest BCUT2D eigenvalue weighted by molar-refractivity contribution is 0.364. The van der Waals surface area contributed by atoms with Crippen LogP contribution in [0.5, 0.6) is 5.75 Å². The molecule has 0 saturated heterocycles. The molecule has 12 heavy (non-hydrogen) atoms. The zero-order valence-corrected chi connectivity index (χ0v) is 7.56. The van der Waals surface area contributed by atoms with Crippen LogP contribution in [0.3, 0.4) is 0 Å². The third-order valence-electron chi connectivity index (χ3n) is 1.36. The maximum atomic E-state index is 9.85. The van der Waals surface area contributed by atoms with Crippen LogP contribution in [0.15, 0.2) is 29.2 Å². The molecule has 0 bridgehead atoms. The minimum atomic E-state index is -0.00137. The van der Waals surface area contributed by atoms with Gasteiger partial charge < -0.3 is 4.74 Å². The molecular weight excluding hydrogens is 172 g/mol. The Morgan fingerprint density at radius 1 is 1.42 bits per heavy atom. The molecule has 0 atom stereocenters. The lowest BCUT2D eigenvalue weighted by Crippen LogP contribution is -1.96. The van der Waals surface area contributed by atoms with Crippen LogP contribution < -0.4 is 4.74 Å². The van der Waals surface area contributed by atoms with Crippen molar-refractivity contribution in [1.29, 1.82) is 0 Å². The molecular formula is C9H9O2S. The van der Waals surface area contributed by atoms with E-state index in [1.807, 2.05) is 30.5 Å². The van der Waals surface area contributed by atoms with E-state index in [2.05, 4.69) is 0 Å². The van der Waals surface area contributed by atoms with Crippen LogP contribution in [0.25, 0.3) is 0 Å². The molecule has 1 radical (unpaired) electrons. The van der Waals surface area contributed by atoms with Gasteiger partial charge in [-0.25, -0.2) is 0 Å². The van der Waals surface area contributed by atoms with Crippen molar-refractivity contribution >= 4 is 18.0 Å². The molecule has 2 nitrogen and oxygen atoms in total. The van der Waals surface area contributed by atoms with Crippen LogP contribution in [0.2, 0.25) is 0 Å². The molecule has 0 aliphatic heterocycles. The number of hydrogen-bond donors (Lipinski definition) is 0. The minimum Gasteiger partial charge on any atom is -0.485 e. The van der Waals surface area contributed by atoms with E-state index in [-0.39, 0.29) is 6.61 Å². The summed E-state index contributed by atoms with van der Waals surface area (Å²) in [5, 5.41) is 0. The second-order valence-corrected chi connectivity index (χ2v) is 2.99. The summed E-state index contributed by atoms with van der Waals surface area (Å²) in [7, 11) is 0. The third kappa shape index (κ3) is 2.58. The molecule has 0 unspecified atom stereocenters. The van der Waals surface area contributed by atoms with Crippen LogP contribution in [-0.2, 0) is 4.79 Å². The van der Waals surface area contributed by atoms with Crippen molar-refractivity contribution in [2.45, 2.75) is 4.90 Å². The van der Waals surface area contributed by atoms with Gasteiger partial charge in [-0.15, -0.1) is 11.8 Å². The first kappa shape index (κ1) is 9.13. The van der Waals surface area contributed by atoms with E-state index >= 15 is 0 Å². The molecule has 0 spiro atoms. The SMILES string of the molecule is CSc1ccc(OC[C]=O)cc1. The van der Waals surface area contributed by atoms with Crippen molar-refractivity contribution in [3.63, 3.8) is 0 Å². The first-order chi connectivity index (χ1) is 5.86. The largest absolute Gasteiger partial charge is 0.485 e. The van der Waals surface area contributed by atoms with Gasteiger partial charge in [0.1, 0.15) is 5.75 Å². The first-order valence-corrected chi connectivity index (χ1v) is 4.71. The van der Waals surface area contributed by atoms with Crippen LogP contribution in [0, 0.1) is 0 Å². The average Bonchev–Trinajstić information content (AvgIpc) is 2.15. The summed E-state index contributed by atoms with van der Waals surface area (Å²) in [5.41, 5.74) is 0. The third-order valence-corrected chi connectivity index (χ3v) is 2.10. The van der Waals surface area contributed by atoms with Crippen molar-refractivity contribution in [2.75, 3.05) is 12.9 Å². The van der Waals surface area contributed by atoms with Gasteiger partial charge in [-0.2, -0.15) is 0 Å². The van der Waals surface area contributed by atoms with E-state index in [4.69, 9.17) is 4.74 Å². The van der Waals surface area contributed by atoms with Crippen LogP contribution in [-0.4, -0.2) is 19.1 Å². The first-order valence-electron chi connectivity index (χ1n) is 3.48. The summed E-state index contributed by atoms with van der Waals surface area (Å²) < 4.78 is 5.02. The molecule has 0 heterocycles. The van der Waals surface area contributed by atoms with Gasteiger partial charge in [0, 0.05) is 4.90 Å². The minimum absolute atomic E-state index is 0.00137. The Labute approximate surface area is 75.9 Å². The summed E-state index contributed by atoms with van der Waals surface area (Å²) in [6, 6.07) is 7.57. The van der Waals surface area contributed by atoms with Crippen molar-refractivity contribution < 1.29 is 9.53 Å². The fraction of sp³-hybridized carbons (Fsp3) is 0.222. The lowest BCUT2D eigenvalue weighted by Gasteiger charge is -2.01. The van der Waals surface area contributed by atoms with E-state index in [0.717, 1.165) is 0 Å². The number of carbonyl (C=O) groups excluding carboxylic acids is 1. The molecule has 0 amide bonds. The van der Waals surface area contributed by atoms with E-state index in [1.165, 1.54) is 4.90 Å². The van der Waals surface area contributed by atoms with Gasteiger partial charge in [0.15, 0.2) is 6.61 Å². The smallest absolute Gasteiger partial charge is 0.239 e. The van der Waals surface area contributed by atoms with E-state index < -0.39 is 0 Å². The van der Waals surface area contributed by atoms with Crippen LogP contribution >= 0.6 is 11.8 Å². The van der Waals surface area contributed by atoms with E-state index in [9.17, 15) is 4.79 Å². The molecule has 0 aliphatic rings. The molecule has 0 saturated carbocycles. The Hall–Kier alpha value is -0.960. The summed E-state index contributed by atoms with van der Waals surface area (Å²) in [6.45, 7) is -0.00137. The molecule has 3 heteroatoms. The van der Waals surface area contributed by atoms with Crippen molar-refractivity contribution in [3.8, 4) is 5.75 Å². The lowest BCUT2D eigenvalue weighted by atomic mass is 10.3. The van der Waals surface area contributed by atoms with E-state index in [0.29, 0.717) is 5.75 Å². The normalized spacial score (nSPS) is 9.42. The molecule has 0 N–H and O–H groups in total. The summed E-state index contributed by atoms with van der Waals surface area (Å²) in [5.74, 6) is 0.705. The van der Waals surface area contributed by atoms with Gasteiger partial charge in [0.25, 0.3) is 0 Å². The quantitative estimate of drug-likeness (QED) is 0.663. The molecule has 1 aromatic rings. The van der Waals surface area contributed by atoms with Crippen molar-refractivity contribution in [2.24, 2.45) is 0 Å². The monoisotopic (exact) mass is 181 g/mol. The fourth-order valence-electron chi connectivity index (χ4n) is 0.785. The average molecular weight is 181 g/mol. The van der Waals surface area contributed by atoms with Crippen LogP contribution in [0.4, 0.5) is 0 Å². The van der Waals surface area contributed by atoms with Crippen molar-refractivity contribution in [1.82, 2.24) is 0 Å². The summed E-state index contributed by atoms with van der Waals surface area (Å²) >= 11 is 1.67. The van der Waals surface area contributed by atoms with Gasteiger partial charge in [-0.05, 0) is 30.5 Å². The topological polar surface area (TPSA) is 26.3 Å². The second-order valence-electron chi connectivity index (χ2n) is 2.11. The highest BCUT2D eigenvalue weighted by Gasteiger charge is 1.92. The zero-order valence-electron chi connectivity index (χ0n) is 6.74. The number of thioether (sulfide) groups is 1. The Bertz CT molecular complexity index is 243. The number of benzene rings is 1. The van der Waals surface area contributed by atoms with Gasteiger partial charge in [0.2, 0.25) is 6.29 Å². The highest BCUT2D eigenvalue weighted by molar-refractivity contribution is 7.98. The molecule has 0 fully saturated rings. The number of rotatable bonds is 4. The van der Waals surface area contributed by atoms with Gasteiger partial charge >= 0.3 is 0 Å². The number of ether oxygens (including phenoxy) is 1. The highest BCUT2D eigenvalue weighted by atomic mass is 32.2. The maximum Gasteiger partial charge on any atom is 0.239 e. The van der Waals surface area contributed by atoms with Gasteiger partial charge in [0.05, 0.1) is 0 Å². The Kier molecular flexibility index (Phi) is 3.67. The van der Waals surface area contributed by atoms with Gasteiger partial charge in [-0.1, -0.05) is 0 Å². The van der Waals surface area contributed by atoms with Crippen molar-refractivity contribution in [3.05, 3.63) is 24.3 Å². The van der Waals surface area contributed by atoms with Crippen LogP contribution in [0.1, 0.15) is 0 Å². The summed E-state index contributed by atoms with van der Waals surface area (Å²) in [4.78, 5) is 11.0. The maximum absolute atomic E-state index is 9.85. The predicted octanol–water partition coefficient (Wildman–Crippen LogP) is 1.90. The zero-order chi connectivity index (χ0) is 8.81. The molecule has 0 aromatic heterocycles. The Morgan fingerprint density at radius 3 is 2.58 bits per heavy atom. The number of hydrogen-bond acceptors (Lipinski definition) is 3. The van der Waals surface area contributed by atoms with E-state index in [1.54, 1.807) is 18.0 Å². The molecule has 1 aromatic carbocycles. The predicted molar refractivity (Wildman–Crippen MR) is 49.4 cm³/mol.